The summed E-state index contributed by atoms with van der Waals surface area (Å²) >= 11 is 0. The van der Waals surface area contributed by atoms with E-state index in [4.69, 9.17) is 4.74 Å². The maximum atomic E-state index is 13.1. The van der Waals surface area contributed by atoms with Crippen LogP contribution in [-0.4, -0.2) is 5.78 Å². The molecular weight excluding hydrogens is 255 g/mol. The molecule has 20 heavy (non-hydrogen) atoms. The Balaban J connectivity index is 1.68. The number of carbonyl (C=O) groups excluding carboxylic acids is 1. The van der Waals surface area contributed by atoms with Gasteiger partial charge in [0, 0.05) is 11.5 Å². The minimum atomic E-state index is -0.274. The number of hydrogen-bond donors (Lipinski definition) is 0. The van der Waals surface area contributed by atoms with E-state index in [0.717, 1.165) is 18.4 Å². The van der Waals surface area contributed by atoms with E-state index in [1.807, 2.05) is 24.3 Å². The number of hydrogen-bond acceptors (Lipinski definition) is 2. The molecule has 0 aliphatic heterocycles. The summed E-state index contributed by atoms with van der Waals surface area (Å²) in [4.78, 5) is 12.0. The van der Waals surface area contributed by atoms with Crippen LogP contribution in [0.3, 0.4) is 0 Å². The molecule has 0 unspecified atom stereocenters. The summed E-state index contributed by atoms with van der Waals surface area (Å²) in [6.07, 6.45) is 1.99. The molecule has 2 nitrogen and oxygen atoms in total. The van der Waals surface area contributed by atoms with Crippen molar-refractivity contribution in [2.24, 2.45) is 5.92 Å². The zero-order chi connectivity index (χ0) is 13.9. The molecule has 0 saturated heterocycles. The second-order valence-corrected chi connectivity index (χ2v) is 5.08. The van der Waals surface area contributed by atoms with E-state index < -0.39 is 0 Å². The van der Waals surface area contributed by atoms with Gasteiger partial charge >= 0.3 is 0 Å². The molecule has 0 atom stereocenters. The van der Waals surface area contributed by atoms with E-state index in [0.29, 0.717) is 17.9 Å². The lowest BCUT2D eigenvalue weighted by Gasteiger charge is -2.08. The lowest BCUT2D eigenvalue weighted by molar-refractivity contribution is 0.0967. The van der Waals surface area contributed by atoms with Crippen LogP contribution in [0.4, 0.5) is 4.39 Å². The molecule has 0 spiro atoms. The standard InChI is InChI=1S/C17H15FO2/c18-15-5-1-3-12(9-15)11-20-16-6-2-4-14(10-16)17(19)13-7-8-13/h1-6,9-10,13H,7-8,11H2. The van der Waals surface area contributed by atoms with Gasteiger partial charge in [0.1, 0.15) is 18.2 Å². The van der Waals surface area contributed by atoms with Gasteiger partial charge in [-0.3, -0.25) is 4.79 Å². The predicted molar refractivity (Wildman–Crippen MR) is 74.2 cm³/mol. The third-order valence-electron chi connectivity index (χ3n) is 3.36. The largest absolute Gasteiger partial charge is 0.489 e. The minimum absolute atomic E-state index is 0.196. The van der Waals surface area contributed by atoms with Crippen molar-refractivity contribution in [1.29, 1.82) is 0 Å². The predicted octanol–water partition coefficient (Wildman–Crippen LogP) is 4.00. The summed E-state index contributed by atoms with van der Waals surface area (Å²) in [5.41, 5.74) is 1.47. The number of halogens is 1. The smallest absolute Gasteiger partial charge is 0.166 e. The molecular formula is C17H15FO2. The van der Waals surface area contributed by atoms with E-state index in [1.54, 1.807) is 12.1 Å². The molecule has 0 radical (unpaired) electrons. The zero-order valence-electron chi connectivity index (χ0n) is 11.0. The summed E-state index contributed by atoms with van der Waals surface area (Å²) in [5.74, 6) is 0.763. The molecule has 0 heterocycles. The number of ether oxygens (including phenoxy) is 1. The van der Waals surface area contributed by atoms with Crippen molar-refractivity contribution >= 4 is 5.78 Å². The first-order valence-corrected chi connectivity index (χ1v) is 6.74. The van der Waals surface area contributed by atoms with Crippen LogP contribution in [-0.2, 0) is 6.61 Å². The molecule has 1 saturated carbocycles. The first-order chi connectivity index (χ1) is 9.72. The Morgan fingerprint density at radius 2 is 1.95 bits per heavy atom. The minimum Gasteiger partial charge on any atom is -0.489 e. The third kappa shape index (κ3) is 3.05. The molecule has 0 N–H and O–H groups in total. The fourth-order valence-electron chi connectivity index (χ4n) is 2.11. The van der Waals surface area contributed by atoms with Gasteiger partial charge in [-0.2, -0.15) is 0 Å². The van der Waals surface area contributed by atoms with Crippen molar-refractivity contribution in [3.63, 3.8) is 0 Å². The molecule has 3 rings (SSSR count). The molecule has 0 bridgehead atoms. The number of carbonyl (C=O) groups is 1. The Bertz CT molecular complexity index is 632. The van der Waals surface area contributed by atoms with Crippen LogP contribution in [0.15, 0.2) is 48.5 Å². The fraction of sp³-hybridized carbons (Fsp3) is 0.235. The third-order valence-corrected chi connectivity index (χ3v) is 3.36. The molecule has 3 heteroatoms. The Hall–Kier alpha value is -2.16. The van der Waals surface area contributed by atoms with Crippen LogP contribution < -0.4 is 4.74 Å². The highest BCUT2D eigenvalue weighted by molar-refractivity contribution is 5.99. The lowest BCUT2D eigenvalue weighted by atomic mass is 10.1. The topological polar surface area (TPSA) is 26.3 Å². The highest BCUT2D eigenvalue weighted by atomic mass is 19.1. The Labute approximate surface area is 117 Å². The maximum absolute atomic E-state index is 13.1. The molecule has 0 amide bonds. The summed E-state index contributed by atoms with van der Waals surface area (Å²) in [6, 6.07) is 13.5. The Morgan fingerprint density at radius 1 is 1.15 bits per heavy atom. The van der Waals surface area contributed by atoms with Gasteiger partial charge in [-0.1, -0.05) is 24.3 Å². The summed E-state index contributed by atoms with van der Waals surface area (Å²) in [6.45, 7) is 0.291. The molecule has 0 aromatic heterocycles. The highest BCUT2D eigenvalue weighted by Crippen LogP contribution is 2.33. The first kappa shape index (κ1) is 12.9. The molecule has 1 aliphatic carbocycles. The van der Waals surface area contributed by atoms with Crippen molar-refractivity contribution < 1.29 is 13.9 Å². The molecule has 1 aliphatic rings. The van der Waals surface area contributed by atoms with Gasteiger partial charge < -0.3 is 4.74 Å². The number of Topliss-reactive ketones (excluding diaryl/α,β-unsaturated/α-hetero) is 1. The van der Waals surface area contributed by atoms with Crippen LogP contribution in [0.1, 0.15) is 28.8 Å². The van der Waals surface area contributed by atoms with E-state index >= 15 is 0 Å². The average molecular weight is 270 g/mol. The van der Waals surface area contributed by atoms with Crippen molar-refractivity contribution in [3.8, 4) is 5.75 Å². The van der Waals surface area contributed by atoms with E-state index in [9.17, 15) is 9.18 Å². The van der Waals surface area contributed by atoms with Crippen molar-refractivity contribution in [1.82, 2.24) is 0 Å². The van der Waals surface area contributed by atoms with Crippen LogP contribution in [0.25, 0.3) is 0 Å². The Kier molecular flexibility index (Phi) is 3.50. The zero-order valence-corrected chi connectivity index (χ0v) is 11.0. The summed E-state index contributed by atoms with van der Waals surface area (Å²) in [5, 5.41) is 0. The quantitative estimate of drug-likeness (QED) is 0.768. The van der Waals surface area contributed by atoms with Crippen LogP contribution in [0.5, 0.6) is 5.75 Å². The van der Waals surface area contributed by atoms with Gasteiger partial charge in [-0.25, -0.2) is 4.39 Å². The molecule has 2 aromatic rings. The molecule has 1 fully saturated rings. The van der Waals surface area contributed by atoms with Gasteiger partial charge in [0.2, 0.25) is 0 Å². The number of rotatable bonds is 5. The molecule has 102 valence electrons. The van der Waals surface area contributed by atoms with Crippen LogP contribution in [0, 0.1) is 11.7 Å². The van der Waals surface area contributed by atoms with Gasteiger partial charge in [-0.05, 0) is 42.7 Å². The van der Waals surface area contributed by atoms with Crippen LogP contribution >= 0.6 is 0 Å². The second kappa shape index (κ2) is 5.45. The van der Waals surface area contributed by atoms with E-state index in [-0.39, 0.29) is 17.5 Å². The van der Waals surface area contributed by atoms with Gasteiger partial charge in [0.05, 0.1) is 0 Å². The first-order valence-electron chi connectivity index (χ1n) is 6.74. The average Bonchev–Trinajstić information content (AvgIpc) is 3.29. The van der Waals surface area contributed by atoms with Gasteiger partial charge in [0.15, 0.2) is 5.78 Å². The maximum Gasteiger partial charge on any atom is 0.166 e. The Morgan fingerprint density at radius 3 is 2.70 bits per heavy atom. The number of benzene rings is 2. The van der Waals surface area contributed by atoms with E-state index in [2.05, 4.69) is 0 Å². The second-order valence-electron chi connectivity index (χ2n) is 5.08. The molecule has 2 aromatic carbocycles. The monoisotopic (exact) mass is 270 g/mol. The fourth-order valence-corrected chi connectivity index (χ4v) is 2.11. The van der Waals surface area contributed by atoms with Crippen molar-refractivity contribution in [2.75, 3.05) is 0 Å². The summed E-state index contributed by atoms with van der Waals surface area (Å²) < 4.78 is 18.7. The van der Waals surface area contributed by atoms with E-state index in [1.165, 1.54) is 12.1 Å². The number of ketones is 1. The van der Waals surface area contributed by atoms with Gasteiger partial charge in [0.25, 0.3) is 0 Å². The van der Waals surface area contributed by atoms with Crippen LogP contribution in [0.2, 0.25) is 0 Å². The lowest BCUT2D eigenvalue weighted by Crippen LogP contribution is -2.02. The highest BCUT2D eigenvalue weighted by Gasteiger charge is 2.30. The SMILES string of the molecule is O=C(c1cccc(OCc2cccc(F)c2)c1)C1CC1. The summed E-state index contributed by atoms with van der Waals surface area (Å²) in [7, 11) is 0. The normalized spacial score (nSPS) is 14.1. The van der Waals surface area contributed by atoms with Crippen molar-refractivity contribution in [2.45, 2.75) is 19.4 Å². The van der Waals surface area contributed by atoms with Gasteiger partial charge in [-0.15, -0.1) is 0 Å². The van der Waals surface area contributed by atoms with Crippen molar-refractivity contribution in [3.05, 3.63) is 65.5 Å².